The van der Waals surface area contributed by atoms with Gasteiger partial charge in [-0.1, -0.05) is 43.3 Å². The Labute approximate surface area is 140 Å². The third kappa shape index (κ3) is 3.51. The van der Waals surface area contributed by atoms with Crippen LogP contribution in [0.25, 0.3) is 11.4 Å². The maximum absolute atomic E-state index is 12.3. The van der Waals surface area contributed by atoms with Gasteiger partial charge >= 0.3 is 0 Å². The molecule has 1 heterocycles. The molecular weight excluding hydrogens is 302 g/mol. The van der Waals surface area contributed by atoms with E-state index in [1.807, 2.05) is 43.3 Å². The normalized spacial score (nSPS) is 10.6. The summed E-state index contributed by atoms with van der Waals surface area (Å²) in [6.45, 7) is 4.06. The molecule has 122 valence electrons. The van der Waals surface area contributed by atoms with E-state index in [1.54, 1.807) is 12.1 Å². The fraction of sp³-hybridized carbons (Fsp3) is 0.211. The van der Waals surface area contributed by atoms with Crippen LogP contribution in [0.3, 0.4) is 0 Å². The maximum Gasteiger partial charge on any atom is 0.255 e. The van der Waals surface area contributed by atoms with Gasteiger partial charge in [0.05, 0.1) is 0 Å². The molecule has 24 heavy (non-hydrogen) atoms. The third-order valence-corrected chi connectivity index (χ3v) is 3.80. The van der Waals surface area contributed by atoms with Crippen molar-refractivity contribution in [2.75, 3.05) is 5.32 Å². The number of benzene rings is 2. The quantitative estimate of drug-likeness (QED) is 0.767. The van der Waals surface area contributed by atoms with Crippen LogP contribution in [0, 0.1) is 0 Å². The average Bonchev–Trinajstić information content (AvgIpc) is 3.11. The van der Waals surface area contributed by atoms with Crippen LogP contribution in [0.15, 0.2) is 53.1 Å². The number of carbonyl (C=O) groups excluding carboxylic acids is 1. The fourth-order valence-electron chi connectivity index (χ4n) is 2.31. The highest BCUT2D eigenvalue weighted by Crippen LogP contribution is 2.18. The average molecular weight is 321 g/mol. The molecule has 0 aliphatic heterocycles. The number of carbonyl (C=O) groups is 1. The number of nitrogens with zero attached hydrogens (tertiary/aromatic N) is 2. The van der Waals surface area contributed by atoms with Gasteiger partial charge in [-0.05, 0) is 36.2 Å². The van der Waals surface area contributed by atoms with E-state index >= 15 is 0 Å². The van der Waals surface area contributed by atoms with Crippen LogP contribution >= 0.6 is 0 Å². The number of rotatable bonds is 5. The van der Waals surface area contributed by atoms with Crippen molar-refractivity contribution < 1.29 is 9.32 Å². The number of aryl methyl sites for hydroxylation is 2. The van der Waals surface area contributed by atoms with Crippen molar-refractivity contribution in [1.29, 1.82) is 0 Å². The van der Waals surface area contributed by atoms with Crippen LogP contribution in [0.5, 0.6) is 0 Å². The van der Waals surface area contributed by atoms with Gasteiger partial charge in [-0.25, -0.2) is 0 Å². The monoisotopic (exact) mass is 321 g/mol. The first-order chi connectivity index (χ1) is 11.7. The number of nitrogens with one attached hydrogen (secondary N) is 1. The minimum atomic E-state index is -0.145. The Morgan fingerprint density at radius 1 is 1.00 bits per heavy atom. The number of aromatic nitrogens is 2. The zero-order valence-corrected chi connectivity index (χ0v) is 13.7. The third-order valence-electron chi connectivity index (χ3n) is 3.80. The Hall–Kier alpha value is -2.95. The van der Waals surface area contributed by atoms with Crippen LogP contribution < -0.4 is 5.32 Å². The molecule has 0 radical (unpaired) electrons. The molecule has 2 aromatic carbocycles. The van der Waals surface area contributed by atoms with Crippen molar-refractivity contribution in [2.24, 2.45) is 0 Å². The molecule has 0 aliphatic carbocycles. The van der Waals surface area contributed by atoms with Crippen LogP contribution in [0.4, 0.5) is 5.69 Å². The Bertz CT molecular complexity index is 821. The lowest BCUT2D eigenvalue weighted by Crippen LogP contribution is -2.11. The van der Waals surface area contributed by atoms with Gasteiger partial charge in [0.15, 0.2) is 0 Å². The van der Waals surface area contributed by atoms with Gasteiger partial charge < -0.3 is 9.84 Å². The smallest absolute Gasteiger partial charge is 0.255 e. The molecule has 0 spiro atoms. The summed E-state index contributed by atoms with van der Waals surface area (Å²) >= 11 is 0. The van der Waals surface area contributed by atoms with Gasteiger partial charge in [0.1, 0.15) is 0 Å². The molecule has 5 heteroatoms. The van der Waals surface area contributed by atoms with E-state index in [0.717, 1.165) is 17.7 Å². The standard InChI is InChI=1S/C19H19N3O2/c1-3-13-5-11-16(12-6-13)20-19(23)15-9-7-14(8-10-15)18-21-17(4-2)24-22-18/h5-12H,3-4H2,1-2H3,(H,20,23). The van der Waals surface area contributed by atoms with E-state index in [4.69, 9.17) is 4.52 Å². The summed E-state index contributed by atoms with van der Waals surface area (Å²) in [5.41, 5.74) is 3.43. The molecule has 5 nitrogen and oxygen atoms in total. The lowest BCUT2D eigenvalue weighted by Gasteiger charge is -2.06. The minimum absolute atomic E-state index is 0.145. The first kappa shape index (κ1) is 15.9. The van der Waals surface area contributed by atoms with Crippen molar-refractivity contribution in [2.45, 2.75) is 26.7 Å². The maximum atomic E-state index is 12.3. The van der Waals surface area contributed by atoms with Gasteiger partial charge in [-0.3, -0.25) is 4.79 Å². The largest absolute Gasteiger partial charge is 0.339 e. The van der Waals surface area contributed by atoms with Gasteiger partial charge in [0.25, 0.3) is 5.91 Å². The summed E-state index contributed by atoms with van der Waals surface area (Å²) in [6.07, 6.45) is 1.68. The Balaban J connectivity index is 1.71. The lowest BCUT2D eigenvalue weighted by atomic mass is 10.1. The predicted molar refractivity (Wildman–Crippen MR) is 92.9 cm³/mol. The summed E-state index contributed by atoms with van der Waals surface area (Å²) in [4.78, 5) is 16.6. The summed E-state index contributed by atoms with van der Waals surface area (Å²) in [7, 11) is 0. The predicted octanol–water partition coefficient (Wildman–Crippen LogP) is 4.11. The number of anilines is 1. The van der Waals surface area contributed by atoms with Gasteiger partial charge in [0, 0.05) is 23.2 Å². The first-order valence-electron chi connectivity index (χ1n) is 8.03. The molecule has 0 saturated carbocycles. The highest BCUT2D eigenvalue weighted by atomic mass is 16.5. The van der Waals surface area contributed by atoms with Crippen molar-refractivity contribution in [3.63, 3.8) is 0 Å². The fourth-order valence-corrected chi connectivity index (χ4v) is 2.31. The molecular formula is C19H19N3O2. The van der Waals surface area contributed by atoms with Gasteiger partial charge in [-0.15, -0.1) is 0 Å². The number of hydrogen-bond donors (Lipinski definition) is 1. The second kappa shape index (κ2) is 7.08. The van der Waals surface area contributed by atoms with E-state index in [9.17, 15) is 4.79 Å². The topological polar surface area (TPSA) is 68.0 Å². The molecule has 3 aromatic rings. The second-order valence-electron chi connectivity index (χ2n) is 5.45. The van der Waals surface area contributed by atoms with Crippen LogP contribution in [-0.2, 0) is 12.8 Å². The van der Waals surface area contributed by atoms with Crippen molar-refractivity contribution in [3.8, 4) is 11.4 Å². The molecule has 1 aromatic heterocycles. The number of amides is 1. The summed E-state index contributed by atoms with van der Waals surface area (Å²) < 4.78 is 5.10. The minimum Gasteiger partial charge on any atom is -0.339 e. The van der Waals surface area contributed by atoms with Gasteiger partial charge in [0.2, 0.25) is 11.7 Å². The lowest BCUT2D eigenvalue weighted by molar-refractivity contribution is 0.102. The summed E-state index contributed by atoms with van der Waals surface area (Å²) in [5, 5.41) is 6.82. The summed E-state index contributed by atoms with van der Waals surface area (Å²) in [5.74, 6) is 0.990. The second-order valence-corrected chi connectivity index (χ2v) is 5.45. The molecule has 0 bridgehead atoms. The zero-order valence-electron chi connectivity index (χ0n) is 13.7. The van der Waals surface area contributed by atoms with Crippen LogP contribution in [0.1, 0.15) is 35.7 Å². The SMILES string of the molecule is CCc1ccc(NC(=O)c2ccc(-c3noc(CC)n3)cc2)cc1. The van der Waals surface area contributed by atoms with Crippen LogP contribution in [-0.4, -0.2) is 16.0 Å². The molecule has 0 unspecified atom stereocenters. The van der Waals surface area contributed by atoms with E-state index in [-0.39, 0.29) is 5.91 Å². The van der Waals surface area contributed by atoms with Crippen molar-refractivity contribution in [1.82, 2.24) is 10.1 Å². The van der Waals surface area contributed by atoms with Crippen molar-refractivity contribution in [3.05, 3.63) is 65.5 Å². The first-order valence-corrected chi connectivity index (χ1v) is 8.03. The molecule has 1 N–H and O–H groups in total. The Kier molecular flexibility index (Phi) is 4.70. The molecule has 0 aliphatic rings. The highest BCUT2D eigenvalue weighted by molar-refractivity contribution is 6.04. The molecule has 0 saturated heterocycles. The van der Waals surface area contributed by atoms with E-state index < -0.39 is 0 Å². The van der Waals surface area contributed by atoms with Gasteiger partial charge in [-0.2, -0.15) is 4.98 Å². The zero-order chi connectivity index (χ0) is 16.9. The highest BCUT2D eigenvalue weighted by Gasteiger charge is 2.10. The van der Waals surface area contributed by atoms with E-state index in [2.05, 4.69) is 22.4 Å². The molecule has 0 fully saturated rings. The molecule has 1 amide bonds. The summed E-state index contributed by atoms with van der Waals surface area (Å²) in [6, 6.07) is 15.0. The number of hydrogen-bond acceptors (Lipinski definition) is 4. The molecule has 3 rings (SSSR count). The Morgan fingerprint density at radius 2 is 1.71 bits per heavy atom. The van der Waals surface area contributed by atoms with Crippen molar-refractivity contribution >= 4 is 11.6 Å². The Morgan fingerprint density at radius 3 is 2.29 bits per heavy atom. The van der Waals surface area contributed by atoms with E-state index in [1.165, 1.54) is 5.56 Å². The molecule has 0 atom stereocenters. The van der Waals surface area contributed by atoms with E-state index in [0.29, 0.717) is 23.7 Å². The van der Waals surface area contributed by atoms with Crippen LogP contribution in [0.2, 0.25) is 0 Å².